The number of likely N-dealkylation sites (N-methyl/N-ethyl adjacent to an activating group) is 1. The molecule has 3 aromatic carbocycles. The summed E-state index contributed by atoms with van der Waals surface area (Å²) in [4.78, 5) is 96.1. The summed E-state index contributed by atoms with van der Waals surface area (Å²) in [7, 11) is 1.97. The maximum atomic E-state index is 15.5. The molecule has 3 aliphatic heterocycles. The lowest BCUT2D eigenvalue weighted by Crippen LogP contribution is -2.55. The zero-order valence-corrected chi connectivity index (χ0v) is 34.9. The van der Waals surface area contributed by atoms with Gasteiger partial charge in [0.05, 0.1) is 46.8 Å². The summed E-state index contributed by atoms with van der Waals surface area (Å²) in [5, 5.41) is 10.5. The molecule has 3 atom stereocenters. The van der Waals surface area contributed by atoms with Gasteiger partial charge in [0.2, 0.25) is 17.4 Å². The number of piperazine rings is 1. The number of benzene rings is 3. The molecule has 7 rings (SSSR count). The summed E-state index contributed by atoms with van der Waals surface area (Å²) in [5.41, 5.74) is -1.87. The standard InChI is InChI=1S/C44H44F4N8O8/c1-23-21-55(22-24(2)54(23)3)34-10-8-25(18-33(34)52-40(60)29-20-51-37(58)19-30(29)44(46,47)48)28-17-26(7-9-31(28)45)39(59)50-14-16-64-15-13-49-32-6-4-5-27-38(32)43(63)56(42(27)62)35-11-12-36(57)53-41(35)61/h4-10,17-20,23-24,35,49H,11-16,21-22H2,1-3H3,(H,50,59)(H,51,58)(H,52,60)(H,53,57,61)/t23-,24+,35?. The number of aromatic amines is 1. The first kappa shape index (κ1) is 45.1. The van der Waals surface area contributed by atoms with E-state index >= 15 is 4.39 Å². The van der Waals surface area contributed by atoms with Crippen molar-refractivity contribution in [3.05, 3.63) is 111 Å². The number of amides is 6. The second-order valence-electron chi connectivity index (χ2n) is 15.7. The van der Waals surface area contributed by atoms with E-state index in [2.05, 4.69) is 31.2 Å². The Morgan fingerprint density at radius 2 is 1.59 bits per heavy atom. The molecule has 1 unspecified atom stereocenters. The van der Waals surface area contributed by atoms with Gasteiger partial charge in [0.15, 0.2) is 0 Å². The average Bonchev–Trinajstić information content (AvgIpc) is 3.50. The Morgan fingerprint density at radius 1 is 0.859 bits per heavy atom. The first-order chi connectivity index (χ1) is 30.4. The van der Waals surface area contributed by atoms with Gasteiger partial charge in [-0.25, -0.2) is 4.39 Å². The zero-order valence-electron chi connectivity index (χ0n) is 34.9. The molecule has 2 saturated heterocycles. The zero-order chi connectivity index (χ0) is 46.0. The molecule has 0 aliphatic carbocycles. The lowest BCUT2D eigenvalue weighted by atomic mass is 9.99. The van der Waals surface area contributed by atoms with Crippen molar-refractivity contribution in [1.29, 1.82) is 0 Å². The first-order valence-corrected chi connectivity index (χ1v) is 20.4. The number of fused-ring (bicyclic) bond motifs is 1. The highest BCUT2D eigenvalue weighted by molar-refractivity contribution is 6.25. The highest BCUT2D eigenvalue weighted by atomic mass is 19.4. The van der Waals surface area contributed by atoms with Crippen LogP contribution in [0.25, 0.3) is 11.1 Å². The van der Waals surface area contributed by atoms with Crippen molar-refractivity contribution in [3.63, 3.8) is 0 Å². The molecule has 20 heteroatoms. The minimum atomic E-state index is -5.01. The van der Waals surface area contributed by atoms with Gasteiger partial charge in [-0.2, -0.15) is 13.2 Å². The number of rotatable bonds is 13. The molecule has 64 heavy (non-hydrogen) atoms. The minimum absolute atomic E-state index is 0.00404. The molecule has 5 N–H and O–H groups in total. The molecular weight excluding hydrogens is 845 g/mol. The molecule has 2 fully saturated rings. The number of halogens is 4. The molecule has 1 aromatic heterocycles. The van der Waals surface area contributed by atoms with Crippen LogP contribution < -0.4 is 31.7 Å². The van der Waals surface area contributed by atoms with Gasteiger partial charge >= 0.3 is 6.18 Å². The highest BCUT2D eigenvalue weighted by Gasteiger charge is 2.45. The van der Waals surface area contributed by atoms with Crippen molar-refractivity contribution >= 4 is 52.5 Å². The number of carbonyl (C=O) groups is 6. The van der Waals surface area contributed by atoms with Crippen molar-refractivity contribution in [1.82, 2.24) is 25.4 Å². The summed E-state index contributed by atoms with van der Waals surface area (Å²) >= 11 is 0. The molecule has 6 amide bonds. The number of aromatic nitrogens is 1. The third kappa shape index (κ3) is 9.37. The van der Waals surface area contributed by atoms with Crippen LogP contribution >= 0.6 is 0 Å². The van der Waals surface area contributed by atoms with Gasteiger partial charge in [-0.05, 0) is 75.3 Å². The van der Waals surface area contributed by atoms with E-state index in [0.29, 0.717) is 36.7 Å². The van der Waals surface area contributed by atoms with Crippen LogP contribution in [0.1, 0.15) is 73.7 Å². The number of hydrogen-bond acceptors (Lipinski definition) is 11. The quantitative estimate of drug-likeness (QED) is 0.0731. The average molecular weight is 889 g/mol. The van der Waals surface area contributed by atoms with E-state index in [-0.39, 0.29) is 84.7 Å². The number of hydrogen-bond donors (Lipinski definition) is 5. The maximum absolute atomic E-state index is 15.5. The third-order valence-corrected chi connectivity index (χ3v) is 11.5. The van der Waals surface area contributed by atoms with Crippen molar-refractivity contribution in [2.45, 2.75) is 51.0 Å². The smallest absolute Gasteiger partial charge is 0.382 e. The number of nitrogens with one attached hydrogen (secondary N) is 5. The van der Waals surface area contributed by atoms with Crippen LogP contribution in [-0.4, -0.2) is 115 Å². The van der Waals surface area contributed by atoms with Crippen molar-refractivity contribution in [2.24, 2.45) is 0 Å². The Labute approximate surface area is 363 Å². The number of piperidine rings is 1. The number of alkyl halides is 3. The van der Waals surface area contributed by atoms with Crippen molar-refractivity contribution in [3.8, 4) is 11.1 Å². The molecule has 0 bridgehead atoms. The van der Waals surface area contributed by atoms with E-state index in [0.717, 1.165) is 11.0 Å². The van der Waals surface area contributed by atoms with E-state index in [9.17, 15) is 46.7 Å². The lowest BCUT2D eigenvalue weighted by molar-refractivity contribution is -0.138. The molecule has 0 saturated carbocycles. The van der Waals surface area contributed by atoms with Crippen LogP contribution in [0.4, 0.5) is 34.6 Å². The normalized spacial score (nSPS) is 19.1. The van der Waals surface area contributed by atoms with E-state index in [1.807, 2.05) is 25.8 Å². The predicted octanol–water partition coefficient (Wildman–Crippen LogP) is 4.24. The number of nitrogens with zero attached hydrogens (tertiary/aromatic N) is 3. The van der Waals surface area contributed by atoms with Gasteiger partial charge in [-0.1, -0.05) is 12.1 Å². The number of anilines is 3. The van der Waals surface area contributed by atoms with Crippen LogP contribution in [-0.2, 0) is 20.5 Å². The van der Waals surface area contributed by atoms with Crippen LogP contribution in [0.2, 0.25) is 0 Å². The molecule has 0 radical (unpaired) electrons. The fourth-order valence-corrected chi connectivity index (χ4v) is 8.01. The minimum Gasteiger partial charge on any atom is -0.382 e. The second-order valence-corrected chi connectivity index (χ2v) is 15.7. The van der Waals surface area contributed by atoms with Gasteiger partial charge in [0, 0.05) is 73.8 Å². The predicted molar refractivity (Wildman–Crippen MR) is 226 cm³/mol. The number of pyridine rings is 1. The SMILES string of the molecule is C[C@@H]1CN(c2ccc(-c3cc(C(=O)NCCOCCNc4cccc5c4C(=O)N(C4CCC(=O)NC4=O)C5=O)ccc3F)cc2NC(=O)c2c[nH]c(=O)cc2C(F)(F)F)C[C@H](C)N1C. The van der Waals surface area contributed by atoms with Gasteiger partial charge < -0.3 is 30.6 Å². The van der Waals surface area contributed by atoms with Gasteiger partial charge in [-0.3, -0.25) is 48.7 Å². The summed E-state index contributed by atoms with van der Waals surface area (Å²) < 4.78 is 62.9. The molecule has 4 aromatic rings. The summed E-state index contributed by atoms with van der Waals surface area (Å²) in [5.74, 6) is -4.91. The largest absolute Gasteiger partial charge is 0.417 e. The monoisotopic (exact) mass is 888 g/mol. The maximum Gasteiger partial charge on any atom is 0.417 e. The Bertz CT molecular complexity index is 2590. The number of ether oxygens (including phenoxy) is 1. The fraction of sp³-hybridized carbons (Fsp3) is 0.341. The van der Waals surface area contributed by atoms with Crippen LogP contribution in [0.3, 0.4) is 0 Å². The third-order valence-electron chi connectivity index (χ3n) is 11.5. The number of imide groups is 2. The van der Waals surface area contributed by atoms with E-state index in [1.54, 1.807) is 24.3 Å². The first-order valence-electron chi connectivity index (χ1n) is 20.4. The van der Waals surface area contributed by atoms with Gasteiger partial charge in [0.1, 0.15) is 11.9 Å². The Morgan fingerprint density at radius 3 is 2.31 bits per heavy atom. The van der Waals surface area contributed by atoms with Crippen LogP contribution in [0.5, 0.6) is 0 Å². The summed E-state index contributed by atoms with van der Waals surface area (Å²) in [6, 6.07) is 12.3. The number of H-pyrrole nitrogens is 1. The van der Waals surface area contributed by atoms with Crippen molar-refractivity contribution < 1.29 is 51.1 Å². The fourth-order valence-electron chi connectivity index (χ4n) is 8.01. The Hall–Kier alpha value is -6.93. The second kappa shape index (κ2) is 18.4. The van der Waals surface area contributed by atoms with Crippen molar-refractivity contribution in [2.75, 3.05) is 62.0 Å². The summed E-state index contributed by atoms with van der Waals surface area (Å²) in [6.07, 6.45) is -4.30. The van der Waals surface area contributed by atoms with Gasteiger partial charge in [0.25, 0.3) is 23.6 Å². The Kier molecular flexibility index (Phi) is 13.0. The molecule has 0 spiro atoms. The van der Waals surface area contributed by atoms with Crippen LogP contribution in [0.15, 0.2) is 71.7 Å². The molecule has 336 valence electrons. The van der Waals surface area contributed by atoms with E-state index in [1.165, 1.54) is 24.3 Å². The molecular formula is C44H44F4N8O8. The lowest BCUT2D eigenvalue weighted by Gasteiger charge is -2.44. The van der Waals surface area contributed by atoms with Crippen LogP contribution in [0, 0.1) is 5.82 Å². The highest BCUT2D eigenvalue weighted by Crippen LogP contribution is 2.37. The molecule has 16 nitrogen and oxygen atoms in total. The van der Waals surface area contributed by atoms with E-state index in [4.69, 9.17) is 4.74 Å². The molecule has 3 aliphatic rings. The summed E-state index contributed by atoms with van der Waals surface area (Å²) in [6.45, 7) is 5.47. The Balaban J connectivity index is 0.993. The number of carbonyl (C=O) groups excluding carboxylic acids is 6. The van der Waals surface area contributed by atoms with E-state index < -0.39 is 70.2 Å². The molecule has 4 heterocycles. The topological polar surface area (TPSA) is 202 Å². The van der Waals surface area contributed by atoms with Gasteiger partial charge in [-0.15, -0.1) is 0 Å².